The Hall–Kier alpha value is -3.26. The minimum absolute atomic E-state index is 0.119. The second-order valence-corrected chi connectivity index (χ2v) is 16.2. The lowest BCUT2D eigenvalue weighted by atomic mass is 9.85. The Morgan fingerprint density at radius 1 is 0.516 bits per heavy atom. The van der Waals surface area contributed by atoms with E-state index >= 15 is 0 Å². The van der Waals surface area contributed by atoms with Crippen molar-refractivity contribution in [2.24, 2.45) is 0 Å². The van der Waals surface area contributed by atoms with Crippen LogP contribution in [0.15, 0.2) is 122 Å². The zero-order valence-electron chi connectivity index (χ0n) is 37.1. The van der Waals surface area contributed by atoms with Crippen LogP contribution in [-0.2, 0) is 27.9 Å². The summed E-state index contributed by atoms with van der Waals surface area (Å²) >= 11 is 0. The van der Waals surface area contributed by atoms with Gasteiger partial charge in [0.25, 0.3) is 0 Å². The second-order valence-electron chi connectivity index (χ2n) is 14.8. The predicted molar refractivity (Wildman–Crippen MR) is 248 cm³/mol. The van der Waals surface area contributed by atoms with E-state index in [1.165, 1.54) is 0 Å². The van der Waals surface area contributed by atoms with E-state index in [9.17, 15) is 39.8 Å². The van der Waals surface area contributed by atoms with Gasteiger partial charge in [0.2, 0.25) is 0 Å². The average Bonchev–Trinajstić information content (AvgIpc) is 3.26. The number of aliphatic hydroxyl groups excluding tert-OH is 5. The highest BCUT2D eigenvalue weighted by molar-refractivity contribution is 7.47. The number of carbonyl (C=O) groups excluding carboxylic acids is 1. The van der Waals surface area contributed by atoms with Crippen molar-refractivity contribution in [1.29, 1.82) is 0 Å². The van der Waals surface area contributed by atoms with Crippen molar-refractivity contribution in [2.45, 2.75) is 159 Å². The fourth-order valence-corrected chi connectivity index (χ4v) is 6.83. The number of hydrogen-bond donors (Lipinski definition) is 6. The van der Waals surface area contributed by atoms with Crippen LogP contribution in [0, 0.1) is 0 Å². The Morgan fingerprint density at radius 2 is 0.903 bits per heavy atom. The number of hydrogen-bond acceptors (Lipinski definition) is 11. The topological polar surface area (TPSA) is 192 Å². The molecule has 1 aliphatic rings. The van der Waals surface area contributed by atoms with E-state index < -0.39 is 63.1 Å². The van der Waals surface area contributed by atoms with E-state index in [0.29, 0.717) is 12.8 Å². The molecule has 0 aliphatic heterocycles. The summed E-state index contributed by atoms with van der Waals surface area (Å²) in [5.41, 5.74) is 0. The fourth-order valence-electron chi connectivity index (χ4n) is 5.86. The fraction of sp³-hybridized carbons (Fsp3) is 0.571. The molecule has 6 N–H and O–H groups in total. The number of ether oxygens (including phenoxy) is 2. The quantitative estimate of drug-likeness (QED) is 0.0153. The number of unbranched alkanes of at least 4 members (excludes halogenated alkanes) is 3. The highest BCUT2D eigenvalue weighted by Crippen LogP contribution is 2.47. The van der Waals surface area contributed by atoms with Crippen molar-refractivity contribution in [3.05, 3.63) is 122 Å². The maximum Gasteiger partial charge on any atom is 0.472 e. The maximum atomic E-state index is 12.8. The first-order chi connectivity index (χ1) is 30.0. The van der Waals surface area contributed by atoms with Crippen LogP contribution in [-0.4, -0.2) is 98.9 Å². The van der Waals surface area contributed by atoms with Crippen LogP contribution in [0.3, 0.4) is 0 Å². The molecule has 1 rings (SSSR count). The lowest BCUT2D eigenvalue weighted by Gasteiger charge is -2.41. The van der Waals surface area contributed by atoms with Gasteiger partial charge in [-0.15, -0.1) is 0 Å². The Morgan fingerprint density at radius 3 is 1.34 bits per heavy atom. The number of esters is 1. The van der Waals surface area contributed by atoms with Crippen LogP contribution in [0.5, 0.6) is 0 Å². The largest absolute Gasteiger partial charge is 0.472 e. The average molecular weight is 889 g/mol. The first kappa shape index (κ1) is 56.8. The zero-order chi connectivity index (χ0) is 45.5. The molecule has 0 aromatic rings. The molecule has 6 unspecified atom stereocenters. The minimum atomic E-state index is -5.06. The summed E-state index contributed by atoms with van der Waals surface area (Å²) in [4.78, 5) is 23.1. The SMILES string of the molecule is CC/C=C\C/C=C\C/C=C\C/C=C\C/C=C\CCCCCC(=O)OC(COCC/C=C\C/C=C\C/C=C\C/C=C\C/C=C\CC)COP(=O)(O)OC1C(O)C(O)C(O)C(O)C1O. The van der Waals surface area contributed by atoms with E-state index in [0.717, 1.165) is 83.5 Å². The number of aliphatic hydroxyl groups is 5. The first-order valence-corrected chi connectivity index (χ1v) is 23.9. The van der Waals surface area contributed by atoms with Crippen molar-refractivity contribution in [3.8, 4) is 0 Å². The van der Waals surface area contributed by atoms with Crippen LogP contribution in [0.1, 0.15) is 117 Å². The van der Waals surface area contributed by atoms with Gasteiger partial charge in [-0.3, -0.25) is 13.8 Å². The normalized spacial score (nSPS) is 23.2. The van der Waals surface area contributed by atoms with E-state index in [1.54, 1.807) is 0 Å². The maximum absolute atomic E-state index is 12.8. The molecule has 1 fully saturated rings. The number of carbonyl (C=O) groups is 1. The van der Waals surface area contributed by atoms with Gasteiger partial charge in [0.15, 0.2) is 0 Å². The second kappa shape index (κ2) is 38.2. The van der Waals surface area contributed by atoms with Crippen molar-refractivity contribution < 1.29 is 58.3 Å². The third kappa shape index (κ3) is 29.9. The molecule has 0 amide bonds. The highest BCUT2D eigenvalue weighted by atomic mass is 31.2. The first-order valence-electron chi connectivity index (χ1n) is 22.4. The third-order valence-corrected chi connectivity index (χ3v) is 10.3. The lowest BCUT2D eigenvalue weighted by Crippen LogP contribution is -2.64. The molecule has 0 aromatic heterocycles. The summed E-state index contributed by atoms with van der Waals surface area (Å²) in [7, 11) is -5.06. The van der Waals surface area contributed by atoms with Crippen molar-refractivity contribution in [2.75, 3.05) is 19.8 Å². The molecule has 0 aromatic carbocycles. The summed E-state index contributed by atoms with van der Waals surface area (Å²) < 4.78 is 34.0. The molecule has 0 spiro atoms. The molecular formula is C49H77O12P. The smallest absolute Gasteiger partial charge is 0.457 e. The molecule has 1 saturated carbocycles. The van der Waals surface area contributed by atoms with Gasteiger partial charge < -0.3 is 39.9 Å². The highest BCUT2D eigenvalue weighted by Gasteiger charge is 2.51. The van der Waals surface area contributed by atoms with E-state index in [4.69, 9.17) is 18.5 Å². The van der Waals surface area contributed by atoms with Gasteiger partial charge in [-0.05, 0) is 89.9 Å². The number of allylic oxidation sites excluding steroid dienone is 19. The Kier molecular flexibility index (Phi) is 35.0. The van der Waals surface area contributed by atoms with Gasteiger partial charge >= 0.3 is 13.8 Å². The Bertz CT molecular complexity index is 1480. The predicted octanol–water partition coefficient (Wildman–Crippen LogP) is 9.08. The number of phosphoric ester groups is 1. The zero-order valence-corrected chi connectivity index (χ0v) is 38.0. The van der Waals surface area contributed by atoms with Gasteiger partial charge in [0.1, 0.15) is 42.7 Å². The van der Waals surface area contributed by atoms with Crippen molar-refractivity contribution >= 4 is 13.8 Å². The van der Waals surface area contributed by atoms with Crippen LogP contribution in [0.2, 0.25) is 0 Å². The van der Waals surface area contributed by atoms with Gasteiger partial charge in [-0.25, -0.2) is 4.57 Å². The third-order valence-electron chi connectivity index (χ3n) is 9.35. The van der Waals surface area contributed by atoms with Crippen LogP contribution >= 0.6 is 7.82 Å². The molecule has 62 heavy (non-hydrogen) atoms. The van der Waals surface area contributed by atoms with Gasteiger partial charge in [-0.2, -0.15) is 0 Å². The summed E-state index contributed by atoms with van der Waals surface area (Å²) in [6.07, 6.45) is 42.9. The van der Waals surface area contributed by atoms with Crippen LogP contribution in [0.4, 0.5) is 0 Å². The summed E-state index contributed by atoms with van der Waals surface area (Å²) in [5.74, 6) is -0.540. The standard InChI is InChI=1S/C49H77O12P/c1-3-5-7-9-11-13-15-17-19-21-22-23-24-26-28-30-32-34-36-38-43(50)60-42(41-59-62(56,57)61-49-47(54)45(52)44(51)46(53)48(49)55)40-58-39-37-35-33-31-29-27-25-20-18-16-14-12-10-8-6-4-2/h5-8,11-14,17-20,22-23,26-29,33,35,42,44-49,51-55H,3-4,9-10,15-16,21,24-25,30-32,34,36-41H2,1-2H3,(H,56,57)/b7-5-,8-6-,13-11-,14-12-,19-17-,20-18-,23-22-,28-26-,29-27-,35-33-. The van der Waals surface area contributed by atoms with Gasteiger partial charge in [-0.1, -0.05) is 142 Å². The molecule has 0 bridgehead atoms. The van der Waals surface area contributed by atoms with Crippen molar-refractivity contribution in [3.63, 3.8) is 0 Å². The molecule has 0 heterocycles. The number of rotatable bonds is 35. The summed E-state index contributed by atoms with van der Waals surface area (Å²) in [6.45, 7) is 3.75. The van der Waals surface area contributed by atoms with Crippen LogP contribution in [0.25, 0.3) is 0 Å². The van der Waals surface area contributed by atoms with Crippen LogP contribution < -0.4 is 0 Å². The molecule has 13 heteroatoms. The molecule has 6 atom stereocenters. The van der Waals surface area contributed by atoms with Gasteiger partial charge in [0, 0.05) is 6.42 Å². The Balaban J connectivity index is 2.51. The summed E-state index contributed by atoms with van der Waals surface area (Å²) in [5, 5.41) is 50.2. The van der Waals surface area contributed by atoms with Crippen molar-refractivity contribution in [1.82, 2.24) is 0 Å². The lowest BCUT2D eigenvalue weighted by molar-refractivity contribution is -0.220. The van der Waals surface area contributed by atoms with E-state index in [1.807, 2.05) is 12.2 Å². The molecular weight excluding hydrogens is 812 g/mol. The Labute approximate surface area is 371 Å². The molecule has 350 valence electrons. The molecule has 12 nitrogen and oxygen atoms in total. The van der Waals surface area contributed by atoms with E-state index in [-0.39, 0.29) is 19.6 Å². The van der Waals surface area contributed by atoms with Gasteiger partial charge in [0.05, 0.1) is 19.8 Å². The summed E-state index contributed by atoms with van der Waals surface area (Å²) in [6, 6.07) is 0. The monoisotopic (exact) mass is 889 g/mol. The minimum Gasteiger partial charge on any atom is -0.457 e. The molecule has 0 saturated heterocycles. The number of phosphoric acid groups is 1. The molecule has 0 radical (unpaired) electrons. The molecule has 1 aliphatic carbocycles. The van der Waals surface area contributed by atoms with E-state index in [2.05, 4.69) is 123 Å².